The molecule has 2 rings (SSSR count). The van der Waals surface area contributed by atoms with Gasteiger partial charge in [-0.15, -0.1) is 0 Å². The summed E-state index contributed by atoms with van der Waals surface area (Å²) in [7, 11) is -3.17. The SMILES string of the molecule is CCC(C)CS(=O)(=O)N1CCCC(CNC(=O)C2CCCN2)C1. The second-order valence-corrected chi connectivity index (χ2v) is 9.07. The maximum atomic E-state index is 12.5. The van der Waals surface area contributed by atoms with E-state index in [2.05, 4.69) is 10.6 Å². The molecule has 0 aromatic heterocycles. The Hall–Kier alpha value is -0.660. The number of piperidine rings is 1. The number of carbonyl (C=O) groups excluding carboxylic acids is 1. The van der Waals surface area contributed by atoms with Gasteiger partial charge in [0.15, 0.2) is 0 Å². The molecule has 2 heterocycles. The van der Waals surface area contributed by atoms with Crippen LogP contribution in [-0.4, -0.2) is 56.6 Å². The van der Waals surface area contributed by atoms with Gasteiger partial charge in [-0.25, -0.2) is 12.7 Å². The first-order valence-corrected chi connectivity index (χ1v) is 10.5. The molecule has 2 aliphatic rings. The predicted octanol–water partition coefficient (Wildman–Crippen LogP) is 0.943. The average Bonchev–Trinajstić information content (AvgIpc) is 3.07. The Morgan fingerprint density at radius 3 is 2.78 bits per heavy atom. The third-order valence-electron chi connectivity index (χ3n) is 5.01. The van der Waals surface area contributed by atoms with Crippen molar-refractivity contribution in [2.45, 2.75) is 52.0 Å². The van der Waals surface area contributed by atoms with E-state index in [-0.39, 0.29) is 29.5 Å². The normalized spacial score (nSPS) is 27.7. The van der Waals surface area contributed by atoms with Gasteiger partial charge in [0.2, 0.25) is 15.9 Å². The van der Waals surface area contributed by atoms with Crippen molar-refractivity contribution < 1.29 is 13.2 Å². The summed E-state index contributed by atoms with van der Waals surface area (Å²) < 4.78 is 26.6. The van der Waals surface area contributed by atoms with Gasteiger partial charge < -0.3 is 10.6 Å². The molecule has 0 aromatic carbocycles. The summed E-state index contributed by atoms with van der Waals surface area (Å²) in [6.07, 6.45) is 4.67. The minimum Gasteiger partial charge on any atom is -0.354 e. The molecule has 0 aromatic rings. The zero-order valence-corrected chi connectivity index (χ0v) is 15.2. The highest BCUT2D eigenvalue weighted by atomic mass is 32.2. The molecule has 0 aliphatic carbocycles. The van der Waals surface area contributed by atoms with Crippen molar-refractivity contribution >= 4 is 15.9 Å². The van der Waals surface area contributed by atoms with Crippen LogP contribution in [0.25, 0.3) is 0 Å². The number of hydrogen-bond donors (Lipinski definition) is 2. The molecule has 3 unspecified atom stereocenters. The van der Waals surface area contributed by atoms with Crippen LogP contribution in [-0.2, 0) is 14.8 Å². The summed E-state index contributed by atoms with van der Waals surface area (Å²) in [6, 6.07) is -0.0659. The Kier molecular flexibility index (Phi) is 6.85. The number of amides is 1. The molecule has 2 saturated heterocycles. The fraction of sp³-hybridized carbons (Fsp3) is 0.938. The zero-order chi connectivity index (χ0) is 16.9. The van der Waals surface area contributed by atoms with E-state index >= 15 is 0 Å². The molecule has 6 nitrogen and oxygen atoms in total. The lowest BCUT2D eigenvalue weighted by Crippen LogP contribution is -2.47. The summed E-state index contributed by atoms with van der Waals surface area (Å²) in [5, 5.41) is 6.18. The maximum Gasteiger partial charge on any atom is 0.237 e. The van der Waals surface area contributed by atoms with Crippen LogP contribution in [0.2, 0.25) is 0 Å². The first-order valence-electron chi connectivity index (χ1n) is 8.91. The fourth-order valence-corrected chi connectivity index (χ4v) is 5.32. The van der Waals surface area contributed by atoms with Gasteiger partial charge in [0.05, 0.1) is 11.8 Å². The Labute approximate surface area is 140 Å². The second-order valence-electron chi connectivity index (χ2n) is 7.05. The standard InChI is InChI=1S/C16H31N3O3S/c1-3-13(2)12-23(21,22)19-9-5-6-14(11-19)10-18-16(20)15-7-4-8-17-15/h13-15,17H,3-12H2,1-2H3,(H,18,20). The van der Waals surface area contributed by atoms with Gasteiger partial charge in [0.25, 0.3) is 0 Å². The number of carbonyl (C=O) groups is 1. The van der Waals surface area contributed by atoms with E-state index in [1.54, 1.807) is 4.31 Å². The number of rotatable bonds is 7. The van der Waals surface area contributed by atoms with Crippen molar-refractivity contribution in [2.24, 2.45) is 11.8 Å². The third-order valence-corrected chi connectivity index (χ3v) is 7.12. The van der Waals surface area contributed by atoms with Gasteiger partial charge in [-0.1, -0.05) is 20.3 Å². The van der Waals surface area contributed by atoms with E-state index in [0.717, 1.165) is 38.6 Å². The molecule has 3 atom stereocenters. The molecule has 134 valence electrons. The highest BCUT2D eigenvalue weighted by Gasteiger charge is 2.30. The molecule has 23 heavy (non-hydrogen) atoms. The summed E-state index contributed by atoms with van der Waals surface area (Å²) in [6.45, 7) is 6.64. The van der Waals surface area contributed by atoms with Crippen LogP contribution in [0.4, 0.5) is 0 Å². The van der Waals surface area contributed by atoms with Crippen molar-refractivity contribution in [3.8, 4) is 0 Å². The van der Waals surface area contributed by atoms with Crippen LogP contribution >= 0.6 is 0 Å². The van der Waals surface area contributed by atoms with Crippen LogP contribution in [0, 0.1) is 11.8 Å². The monoisotopic (exact) mass is 345 g/mol. The zero-order valence-electron chi connectivity index (χ0n) is 14.4. The number of nitrogens with one attached hydrogen (secondary N) is 2. The number of hydrogen-bond acceptors (Lipinski definition) is 4. The summed E-state index contributed by atoms with van der Waals surface area (Å²) >= 11 is 0. The molecule has 0 saturated carbocycles. The largest absolute Gasteiger partial charge is 0.354 e. The number of sulfonamides is 1. The Morgan fingerprint density at radius 1 is 1.35 bits per heavy atom. The van der Waals surface area contributed by atoms with E-state index in [9.17, 15) is 13.2 Å². The minimum atomic E-state index is -3.17. The van der Waals surface area contributed by atoms with Crippen molar-refractivity contribution in [3.63, 3.8) is 0 Å². The van der Waals surface area contributed by atoms with Gasteiger partial charge in [-0.3, -0.25) is 4.79 Å². The lowest BCUT2D eigenvalue weighted by molar-refractivity contribution is -0.123. The third kappa shape index (κ3) is 5.43. The van der Waals surface area contributed by atoms with Crippen molar-refractivity contribution in [2.75, 3.05) is 31.9 Å². The van der Waals surface area contributed by atoms with Crippen LogP contribution < -0.4 is 10.6 Å². The van der Waals surface area contributed by atoms with Gasteiger partial charge >= 0.3 is 0 Å². The van der Waals surface area contributed by atoms with Crippen LogP contribution in [0.3, 0.4) is 0 Å². The van der Waals surface area contributed by atoms with Gasteiger partial charge in [0, 0.05) is 19.6 Å². The van der Waals surface area contributed by atoms with E-state index in [1.165, 1.54) is 0 Å². The first kappa shape index (κ1) is 18.7. The summed E-state index contributed by atoms with van der Waals surface area (Å²) in [5.41, 5.74) is 0. The van der Waals surface area contributed by atoms with E-state index in [1.807, 2.05) is 13.8 Å². The summed E-state index contributed by atoms with van der Waals surface area (Å²) in [5.74, 6) is 0.700. The van der Waals surface area contributed by atoms with Crippen LogP contribution in [0.15, 0.2) is 0 Å². The van der Waals surface area contributed by atoms with Crippen molar-refractivity contribution in [3.05, 3.63) is 0 Å². The molecule has 2 N–H and O–H groups in total. The molecule has 7 heteroatoms. The van der Waals surface area contributed by atoms with E-state index in [4.69, 9.17) is 0 Å². The molecular formula is C16H31N3O3S. The topological polar surface area (TPSA) is 78.5 Å². The molecule has 0 radical (unpaired) electrons. The Bertz CT molecular complexity index is 489. The van der Waals surface area contributed by atoms with Gasteiger partial charge in [-0.05, 0) is 44.1 Å². The predicted molar refractivity (Wildman–Crippen MR) is 91.6 cm³/mol. The number of nitrogens with zero attached hydrogens (tertiary/aromatic N) is 1. The van der Waals surface area contributed by atoms with Crippen LogP contribution in [0.5, 0.6) is 0 Å². The van der Waals surface area contributed by atoms with Gasteiger partial charge in [0.1, 0.15) is 0 Å². The minimum absolute atomic E-state index is 0.0575. The fourth-order valence-electron chi connectivity index (χ4n) is 3.31. The molecule has 2 aliphatic heterocycles. The quantitative estimate of drug-likeness (QED) is 0.720. The Balaban J connectivity index is 1.81. The molecule has 0 spiro atoms. The van der Waals surface area contributed by atoms with Crippen molar-refractivity contribution in [1.82, 2.24) is 14.9 Å². The lowest BCUT2D eigenvalue weighted by atomic mass is 9.99. The average molecular weight is 346 g/mol. The molecule has 1 amide bonds. The van der Waals surface area contributed by atoms with Gasteiger partial charge in [-0.2, -0.15) is 0 Å². The summed E-state index contributed by atoms with van der Waals surface area (Å²) in [4.78, 5) is 12.0. The Morgan fingerprint density at radius 2 is 2.13 bits per heavy atom. The van der Waals surface area contributed by atoms with E-state index in [0.29, 0.717) is 19.6 Å². The van der Waals surface area contributed by atoms with Crippen LogP contribution in [0.1, 0.15) is 46.0 Å². The first-order chi connectivity index (χ1) is 10.9. The molecule has 0 bridgehead atoms. The smallest absolute Gasteiger partial charge is 0.237 e. The highest BCUT2D eigenvalue weighted by Crippen LogP contribution is 2.21. The van der Waals surface area contributed by atoms with E-state index < -0.39 is 10.0 Å². The van der Waals surface area contributed by atoms with Crippen molar-refractivity contribution in [1.29, 1.82) is 0 Å². The lowest BCUT2D eigenvalue weighted by Gasteiger charge is -2.32. The second kappa shape index (κ2) is 8.44. The maximum absolute atomic E-state index is 12.5. The molecule has 2 fully saturated rings. The molecular weight excluding hydrogens is 314 g/mol. The highest BCUT2D eigenvalue weighted by molar-refractivity contribution is 7.89.